The van der Waals surface area contributed by atoms with Crippen LogP contribution in [0.5, 0.6) is 0 Å². The Bertz CT molecular complexity index is 527. The van der Waals surface area contributed by atoms with Gasteiger partial charge in [0.2, 0.25) is 5.91 Å². The highest BCUT2D eigenvalue weighted by Crippen LogP contribution is 2.32. The summed E-state index contributed by atoms with van der Waals surface area (Å²) in [5, 5.41) is 0. The average molecular weight is 237 g/mol. The Morgan fingerprint density at radius 2 is 1.94 bits per heavy atom. The van der Waals surface area contributed by atoms with Crippen molar-refractivity contribution in [3.8, 4) is 0 Å². The maximum atomic E-state index is 11.8. The van der Waals surface area contributed by atoms with Gasteiger partial charge in [-0.05, 0) is 18.1 Å². The molecule has 18 heavy (non-hydrogen) atoms. The van der Waals surface area contributed by atoms with Crippen molar-refractivity contribution in [3.05, 3.63) is 66.4 Å². The number of benzene rings is 1. The summed E-state index contributed by atoms with van der Waals surface area (Å²) < 4.78 is 0. The third-order valence-electron chi connectivity index (χ3n) is 3.44. The van der Waals surface area contributed by atoms with Crippen LogP contribution in [0.2, 0.25) is 0 Å². The molecule has 0 aromatic heterocycles. The van der Waals surface area contributed by atoms with E-state index in [1.54, 1.807) is 0 Å². The summed E-state index contributed by atoms with van der Waals surface area (Å²) in [5.74, 6) is 0.351. The van der Waals surface area contributed by atoms with E-state index in [-0.39, 0.29) is 17.9 Å². The monoisotopic (exact) mass is 237 g/mol. The first-order valence-corrected chi connectivity index (χ1v) is 6.25. The van der Waals surface area contributed by atoms with Crippen molar-refractivity contribution in [2.24, 2.45) is 5.92 Å². The van der Waals surface area contributed by atoms with E-state index < -0.39 is 0 Å². The molecule has 1 aromatic carbocycles. The quantitative estimate of drug-likeness (QED) is 0.584. The van der Waals surface area contributed by atoms with E-state index in [1.165, 1.54) is 0 Å². The number of nitrogens with zero attached hydrogens (tertiary/aromatic N) is 1. The van der Waals surface area contributed by atoms with Gasteiger partial charge in [-0.1, -0.05) is 54.6 Å². The lowest BCUT2D eigenvalue weighted by Crippen LogP contribution is -2.29. The number of rotatable bonds is 3. The molecule has 1 fully saturated rings. The molecule has 1 aromatic rings. The highest BCUT2D eigenvalue weighted by molar-refractivity contribution is 5.86. The molecule has 1 heterocycles. The maximum Gasteiger partial charge on any atom is 0.234 e. The number of likely N-dealkylation sites (tertiary alicyclic amines) is 1. The first-order valence-electron chi connectivity index (χ1n) is 6.25. The molecule has 0 saturated carbocycles. The van der Waals surface area contributed by atoms with Crippen molar-refractivity contribution in [1.82, 2.24) is 4.90 Å². The number of allylic oxidation sites excluding steroid dienone is 2. The van der Waals surface area contributed by atoms with Crippen molar-refractivity contribution in [2.45, 2.75) is 12.5 Å². The fraction of sp³-hybridized carbons (Fsp3) is 0.188. The predicted molar refractivity (Wildman–Crippen MR) is 72.5 cm³/mol. The van der Waals surface area contributed by atoms with Crippen molar-refractivity contribution in [1.29, 1.82) is 0 Å². The van der Waals surface area contributed by atoms with Crippen LogP contribution in [0.3, 0.4) is 0 Å². The van der Waals surface area contributed by atoms with Crippen LogP contribution in [0, 0.1) is 5.92 Å². The molecular weight excluding hydrogens is 222 g/mol. The van der Waals surface area contributed by atoms with Gasteiger partial charge >= 0.3 is 0 Å². The number of hydrogen-bond donors (Lipinski definition) is 0. The van der Waals surface area contributed by atoms with Gasteiger partial charge in [0.15, 0.2) is 0 Å². The second-order valence-corrected chi connectivity index (χ2v) is 4.65. The molecule has 0 radical (unpaired) electrons. The van der Waals surface area contributed by atoms with Gasteiger partial charge < -0.3 is 4.90 Å². The minimum absolute atomic E-state index is 0.123. The molecule has 1 saturated heterocycles. The van der Waals surface area contributed by atoms with E-state index in [2.05, 4.69) is 18.2 Å². The smallest absolute Gasteiger partial charge is 0.234 e. The highest BCUT2D eigenvalue weighted by Gasteiger charge is 2.39. The highest BCUT2D eigenvalue weighted by atomic mass is 16.2. The van der Waals surface area contributed by atoms with Crippen molar-refractivity contribution < 1.29 is 4.79 Å². The Labute approximate surface area is 107 Å². The summed E-state index contributed by atoms with van der Waals surface area (Å²) >= 11 is 0. The fourth-order valence-corrected chi connectivity index (χ4v) is 2.48. The molecule has 2 atom stereocenters. The summed E-state index contributed by atoms with van der Waals surface area (Å²) in [6, 6.07) is 10.4. The van der Waals surface area contributed by atoms with E-state index >= 15 is 0 Å². The zero-order valence-electron chi connectivity index (χ0n) is 10.1. The largest absolute Gasteiger partial charge is 0.312 e. The number of carbonyl (C=O) groups excluding carboxylic acids is 1. The first-order chi connectivity index (χ1) is 8.84. The Kier molecular flexibility index (Phi) is 2.85. The number of hydrogen-bond acceptors (Lipinski definition) is 1. The SMILES string of the molecule is O=C1C2C=CC(C2)N1/C=C/C=C/c1ccccc1. The van der Waals surface area contributed by atoms with Crippen molar-refractivity contribution >= 4 is 12.0 Å². The Balaban J connectivity index is 1.64. The van der Waals surface area contributed by atoms with Gasteiger partial charge in [-0.25, -0.2) is 0 Å². The van der Waals surface area contributed by atoms with Gasteiger partial charge in [0.05, 0.1) is 12.0 Å². The topological polar surface area (TPSA) is 20.3 Å². The molecule has 1 amide bonds. The molecule has 2 heteroatoms. The standard InChI is InChI=1S/C16H15NO/c18-16-14-9-10-15(12-14)17(16)11-5-4-8-13-6-2-1-3-7-13/h1-11,14-15H,12H2/b8-4+,11-5+. The van der Waals surface area contributed by atoms with Crippen LogP contribution >= 0.6 is 0 Å². The summed E-state index contributed by atoms with van der Waals surface area (Å²) in [6.45, 7) is 0. The second-order valence-electron chi connectivity index (χ2n) is 4.65. The number of amides is 1. The molecule has 2 nitrogen and oxygen atoms in total. The van der Waals surface area contributed by atoms with E-state index in [0.717, 1.165) is 12.0 Å². The first kappa shape index (κ1) is 11.0. The molecule has 2 aliphatic rings. The minimum Gasteiger partial charge on any atom is -0.312 e. The molecule has 0 N–H and O–H groups in total. The molecule has 2 bridgehead atoms. The summed E-state index contributed by atoms with van der Waals surface area (Å²) in [5.41, 5.74) is 1.16. The van der Waals surface area contributed by atoms with Crippen LogP contribution < -0.4 is 0 Å². The second kappa shape index (κ2) is 4.65. The van der Waals surface area contributed by atoms with Crippen molar-refractivity contribution in [3.63, 3.8) is 0 Å². The molecular formula is C16H15NO. The lowest BCUT2D eigenvalue weighted by Gasteiger charge is -2.18. The van der Waals surface area contributed by atoms with Gasteiger partial charge in [-0.3, -0.25) is 4.79 Å². The summed E-state index contributed by atoms with van der Waals surface area (Å²) in [7, 11) is 0. The van der Waals surface area contributed by atoms with Gasteiger partial charge in [0.25, 0.3) is 0 Å². The predicted octanol–water partition coefficient (Wildman–Crippen LogP) is 3.00. The van der Waals surface area contributed by atoms with E-state index in [4.69, 9.17) is 0 Å². The molecule has 3 rings (SSSR count). The average Bonchev–Trinajstić information content (AvgIpc) is 2.98. The van der Waals surface area contributed by atoms with Crippen LogP contribution in [0.25, 0.3) is 6.08 Å². The lowest BCUT2D eigenvalue weighted by molar-refractivity contribution is -0.128. The van der Waals surface area contributed by atoms with Gasteiger partial charge in [-0.15, -0.1) is 0 Å². The van der Waals surface area contributed by atoms with Gasteiger partial charge in [0.1, 0.15) is 0 Å². The van der Waals surface area contributed by atoms with Crippen LogP contribution in [0.1, 0.15) is 12.0 Å². The molecule has 90 valence electrons. The Hall–Kier alpha value is -2.09. The number of carbonyl (C=O) groups is 1. The van der Waals surface area contributed by atoms with E-state index in [0.29, 0.717) is 0 Å². The summed E-state index contributed by atoms with van der Waals surface area (Å²) in [4.78, 5) is 13.7. The normalized spacial score (nSPS) is 26.0. The number of fused-ring (bicyclic) bond motifs is 2. The van der Waals surface area contributed by atoms with Crippen LogP contribution in [0.4, 0.5) is 0 Å². The molecule has 0 spiro atoms. The zero-order valence-corrected chi connectivity index (χ0v) is 10.1. The van der Waals surface area contributed by atoms with Crippen LogP contribution in [-0.2, 0) is 4.79 Å². The molecule has 1 aliphatic carbocycles. The Morgan fingerprint density at radius 3 is 2.67 bits per heavy atom. The van der Waals surface area contributed by atoms with Crippen molar-refractivity contribution in [2.75, 3.05) is 0 Å². The lowest BCUT2D eigenvalue weighted by atomic mass is 10.1. The van der Waals surface area contributed by atoms with E-state index in [9.17, 15) is 4.79 Å². The Morgan fingerprint density at radius 1 is 1.11 bits per heavy atom. The minimum atomic E-state index is 0.123. The maximum absolute atomic E-state index is 11.8. The van der Waals surface area contributed by atoms with Gasteiger partial charge in [-0.2, -0.15) is 0 Å². The molecule has 1 aliphatic heterocycles. The van der Waals surface area contributed by atoms with Crippen LogP contribution in [0.15, 0.2) is 60.8 Å². The zero-order chi connectivity index (χ0) is 12.4. The third-order valence-corrected chi connectivity index (χ3v) is 3.44. The third kappa shape index (κ3) is 2.02. The molecule has 2 unspecified atom stereocenters. The van der Waals surface area contributed by atoms with Crippen LogP contribution in [-0.4, -0.2) is 16.8 Å². The summed E-state index contributed by atoms with van der Waals surface area (Å²) in [6.07, 6.45) is 12.9. The fourth-order valence-electron chi connectivity index (χ4n) is 2.48. The van der Waals surface area contributed by atoms with Gasteiger partial charge in [0, 0.05) is 6.20 Å². The van der Waals surface area contributed by atoms with E-state index in [1.807, 2.05) is 53.6 Å².